The maximum absolute atomic E-state index is 12.2. The average molecular weight is 269 g/mol. The van der Waals surface area contributed by atoms with Crippen LogP contribution in [0.3, 0.4) is 0 Å². The Bertz CT molecular complexity index is 286. The minimum absolute atomic E-state index is 0.133. The molecule has 1 saturated heterocycles. The molecule has 1 aliphatic heterocycles. The number of likely N-dealkylation sites (tertiary alicyclic amines) is 1. The van der Waals surface area contributed by atoms with Gasteiger partial charge < -0.3 is 16.0 Å². The fourth-order valence-electron chi connectivity index (χ4n) is 2.40. The van der Waals surface area contributed by atoms with Gasteiger partial charge in [-0.2, -0.15) is 0 Å². The molecule has 1 heterocycles. The van der Waals surface area contributed by atoms with Crippen LogP contribution in [0.15, 0.2) is 0 Å². The van der Waals surface area contributed by atoms with Crippen LogP contribution in [0.25, 0.3) is 0 Å². The van der Waals surface area contributed by atoms with Crippen molar-refractivity contribution in [2.75, 3.05) is 19.6 Å². The highest BCUT2D eigenvalue weighted by molar-refractivity contribution is 5.81. The number of hydrogen-bond acceptors (Lipinski definition) is 3. The minimum Gasteiger partial charge on any atom is -0.370 e. The first-order valence-electron chi connectivity index (χ1n) is 7.41. The predicted molar refractivity (Wildman–Crippen MR) is 75.6 cm³/mol. The molecule has 0 bridgehead atoms. The molecule has 19 heavy (non-hydrogen) atoms. The van der Waals surface area contributed by atoms with E-state index in [-0.39, 0.29) is 17.9 Å². The van der Waals surface area contributed by atoms with Crippen molar-refractivity contribution in [2.45, 2.75) is 57.9 Å². The third-order valence-corrected chi connectivity index (χ3v) is 3.59. The molecule has 0 aromatic carbocycles. The summed E-state index contributed by atoms with van der Waals surface area (Å²) in [4.78, 5) is 24.8. The molecule has 0 aromatic rings. The third kappa shape index (κ3) is 6.57. The molecule has 1 aliphatic rings. The minimum atomic E-state index is -0.256. The van der Waals surface area contributed by atoms with Crippen molar-refractivity contribution in [1.29, 1.82) is 0 Å². The Morgan fingerprint density at radius 2 is 1.79 bits per heavy atom. The maximum Gasteiger partial charge on any atom is 0.239 e. The van der Waals surface area contributed by atoms with E-state index in [0.29, 0.717) is 6.42 Å². The first kappa shape index (κ1) is 16.0. The number of rotatable bonds is 7. The second-order valence-electron chi connectivity index (χ2n) is 5.34. The van der Waals surface area contributed by atoms with Crippen LogP contribution in [0.1, 0.15) is 51.9 Å². The van der Waals surface area contributed by atoms with E-state index < -0.39 is 0 Å². The van der Waals surface area contributed by atoms with E-state index in [0.717, 1.165) is 45.3 Å². The number of carbonyl (C=O) groups is 2. The molecular weight excluding hydrogens is 242 g/mol. The highest BCUT2D eigenvalue weighted by atomic mass is 16.2. The number of primary amides is 1. The first-order chi connectivity index (χ1) is 9.11. The van der Waals surface area contributed by atoms with Crippen LogP contribution in [0.4, 0.5) is 0 Å². The summed E-state index contributed by atoms with van der Waals surface area (Å²) in [5.74, 6) is -0.0505. The van der Waals surface area contributed by atoms with Crippen LogP contribution in [0, 0.1) is 0 Å². The summed E-state index contributed by atoms with van der Waals surface area (Å²) < 4.78 is 0. The molecule has 0 saturated carbocycles. The largest absolute Gasteiger partial charge is 0.370 e. The Balaban J connectivity index is 2.18. The molecular formula is C14H27N3O2. The SMILES string of the molecule is CC(NCCCCC(N)=O)C(=O)N1CCCCCC1. The van der Waals surface area contributed by atoms with Gasteiger partial charge in [-0.25, -0.2) is 0 Å². The van der Waals surface area contributed by atoms with Gasteiger partial charge in [0.2, 0.25) is 11.8 Å². The first-order valence-corrected chi connectivity index (χ1v) is 7.41. The summed E-state index contributed by atoms with van der Waals surface area (Å²) in [7, 11) is 0. The monoisotopic (exact) mass is 269 g/mol. The number of amides is 2. The fourth-order valence-corrected chi connectivity index (χ4v) is 2.40. The van der Waals surface area contributed by atoms with Crippen molar-refractivity contribution in [2.24, 2.45) is 5.73 Å². The van der Waals surface area contributed by atoms with Gasteiger partial charge in [-0.3, -0.25) is 9.59 Å². The third-order valence-electron chi connectivity index (χ3n) is 3.59. The van der Waals surface area contributed by atoms with Gasteiger partial charge in [-0.15, -0.1) is 0 Å². The summed E-state index contributed by atoms with van der Waals surface area (Å²) in [6, 6.07) is -0.133. The Labute approximate surface area is 115 Å². The van der Waals surface area contributed by atoms with Crippen LogP contribution in [0.5, 0.6) is 0 Å². The lowest BCUT2D eigenvalue weighted by Crippen LogP contribution is -2.45. The number of carbonyl (C=O) groups excluding carboxylic acids is 2. The fraction of sp³-hybridized carbons (Fsp3) is 0.857. The van der Waals surface area contributed by atoms with Crippen LogP contribution >= 0.6 is 0 Å². The van der Waals surface area contributed by atoms with Gasteiger partial charge in [0.05, 0.1) is 6.04 Å². The van der Waals surface area contributed by atoms with Crippen molar-refractivity contribution < 1.29 is 9.59 Å². The summed E-state index contributed by atoms with van der Waals surface area (Å²) in [6.07, 6.45) is 6.80. The molecule has 5 heteroatoms. The van der Waals surface area contributed by atoms with Crippen molar-refractivity contribution in [3.63, 3.8) is 0 Å². The number of hydrogen-bond donors (Lipinski definition) is 2. The van der Waals surface area contributed by atoms with Crippen molar-refractivity contribution in [3.05, 3.63) is 0 Å². The van der Waals surface area contributed by atoms with Gasteiger partial charge in [-0.05, 0) is 39.2 Å². The molecule has 0 aliphatic carbocycles. The van der Waals surface area contributed by atoms with E-state index >= 15 is 0 Å². The molecule has 5 nitrogen and oxygen atoms in total. The summed E-state index contributed by atoms with van der Waals surface area (Å²) in [5.41, 5.74) is 5.07. The second-order valence-corrected chi connectivity index (χ2v) is 5.34. The normalized spacial score (nSPS) is 17.8. The van der Waals surface area contributed by atoms with Gasteiger partial charge in [0.15, 0.2) is 0 Å². The van der Waals surface area contributed by atoms with Crippen LogP contribution in [-0.2, 0) is 9.59 Å². The van der Waals surface area contributed by atoms with Gasteiger partial charge >= 0.3 is 0 Å². The van der Waals surface area contributed by atoms with Crippen LogP contribution < -0.4 is 11.1 Å². The molecule has 0 spiro atoms. The number of unbranched alkanes of at least 4 members (excludes halogenated alkanes) is 1. The molecule has 0 aromatic heterocycles. The zero-order chi connectivity index (χ0) is 14.1. The van der Waals surface area contributed by atoms with Gasteiger partial charge in [0.1, 0.15) is 0 Å². The zero-order valence-electron chi connectivity index (χ0n) is 12.0. The van der Waals surface area contributed by atoms with E-state index in [4.69, 9.17) is 5.73 Å². The summed E-state index contributed by atoms with van der Waals surface area (Å²) >= 11 is 0. The lowest BCUT2D eigenvalue weighted by Gasteiger charge is -2.24. The van der Waals surface area contributed by atoms with Crippen LogP contribution in [-0.4, -0.2) is 42.4 Å². The molecule has 0 radical (unpaired) electrons. The smallest absolute Gasteiger partial charge is 0.239 e. The molecule has 1 unspecified atom stereocenters. The van der Waals surface area contributed by atoms with Crippen LogP contribution in [0.2, 0.25) is 0 Å². The predicted octanol–water partition coefficient (Wildman–Crippen LogP) is 1.02. The standard InChI is InChI=1S/C14H27N3O2/c1-12(16-9-5-4-8-13(15)18)14(19)17-10-6-2-3-7-11-17/h12,16H,2-11H2,1H3,(H2,15,18). The molecule has 2 amide bonds. The summed E-state index contributed by atoms with van der Waals surface area (Å²) in [5, 5.41) is 3.23. The van der Waals surface area contributed by atoms with Crippen molar-refractivity contribution in [3.8, 4) is 0 Å². The lowest BCUT2D eigenvalue weighted by molar-refractivity contribution is -0.133. The zero-order valence-corrected chi connectivity index (χ0v) is 12.0. The Hall–Kier alpha value is -1.10. The van der Waals surface area contributed by atoms with E-state index in [1.165, 1.54) is 12.8 Å². The van der Waals surface area contributed by atoms with Crippen molar-refractivity contribution >= 4 is 11.8 Å². The topological polar surface area (TPSA) is 75.4 Å². The van der Waals surface area contributed by atoms with Gasteiger partial charge in [-0.1, -0.05) is 12.8 Å². The number of nitrogens with one attached hydrogen (secondary N) is 1. The molecule has 1 atom stereocenters. The molecule has 1 fully saturated rings. The van der Waals surface area contributed by atoms with Crippen molar-refractivity contribution in [1.82, 2.24) is 10.2 Å². The number of nitrogens with zero attached hydrogens (tertiary/aromatic N) is 1. The average Bonchev–Trinajstić information content (AvgIpc) is 2.65. The van der Waals surface area contributed by atoms with E-state index in [2.05, 4.69) is 5.32 Å². The van der Waals surface area contributed by atoms with E-state index in [1.54, 1.807) is 0 Å². The van der Waals surface area contributed by atoms with E-state index in [1.807, 2.05) is 11.8 Å². The highest BCUT2D eigenvalue weighted by Gasteiger charge is 2.20. The molecule has 110 valence electrons. The Morgan fingerprint density at radius 1 is 1.16 bits per heavy atom. The summed E-state index contributed by atoms with van der Waals surface area (Å²) in [6.45, 7) is 4.47. The Kier molecular flexibility index (Phi) is 7.48. The Morgan fingerprint density at radius 3 is 2.37 bits per heavy atom. The maximum atomic E-state index is 12.2. The lowest BCUT2D eigenvalue weighted by atomic mass is 10.2. The molecule has 1 rings (SSSR count). The molecule has 3 N–H and O–H groups in total. The highest BCUT2D eigenvalue weighted by Crippen LogP contribution is 2.10. The second kappa shape index (κ2) is 8.91. The quantitative estimate of drug-likeness (QED) is 0.678. The number of nitrogens with two attached hydrogens (primary N) is 1. The van der Waals surface area contributed by atoms with Gasteiger partial charge in [0, 0.05) is 19.5 Å². The van der Waals surface area contributed by atoms with E-state index in [9.17, 15) is 9.59 Å². The van der Waals surface area contributed by atoms with Gasteiger partial charge in [0.25, 0.3) is 0 Å².